The molecule has 34 heavy (non-hydrogen) atoms. The van der Waals surface area contributed by atoms with Crippen LogP contribution in [0.4, 0.5) is 13.2 Å². The normalized spacial score (nSPS) is 17.8. The summed E-state index contributed by atoms with van der Waals surface area (Å²) < 4.78 is 41.3. The third-order valence-corrected chi connectivity index (χ3v) is 7.05. The molecule has 1 aromatic heterocycles. The van der Waals surface area contributed by atoms with Gasteiger partial charge in [0.1, 0.15) is 0 Å². The van der Waals surface area contributed by atoms with Crippen molar-refractivity contribution in [3.05, 3.63) is 46.1 Å². The zero-order chi connectivity index (χ0) is 24.9. The molecular weight excluding hydrogens is 467 g/mol. The first-order valence-electron chi connectivity index (χ1n) is 11.9. The molecule has 2 fully saturated rings. The van der Waals surface area contributed by atoms with Crippen LogP contribution >= 0.6 is 11.6 Å². The Balaban J connectivity index is 0.000000396. The second-order valence-electron chi connectivity index (χ2n) is 9.24. The quantitative estimate of drug-likeness (QED) is 0.456. The first-order valence-corrected chi connectivity index (χ1v) is 12.3. The maximum absolute atomic E-state index is 13.2. The van der Waals surface area contributed by atoms with Gasteiger partial charge in [-0.15, -0.1) is 0 Å². The fraction of sp³-hybridized carbons (Fsp3) is 0.560. The van der Waals surface area contributed by atoms with Gasteiger partial charge < -0.3 is 9.67 Å². The topological polar surface area (TPSA) is 71.5 Å². The molecule has 2 aliphatic rings. The molecule has 0 spiro atoms. The number of hydrogen-bond acceptors (Lipinski definition) is 3. The summed E-state index contributed by atoms with van der Waals surface area (Å²) in [7, 11) is 0. The van der Waals surface area contributed by atoms with Gasteiger partial charge in [0, 0.05) is 35.9 Å². The number of carboxylic acid groups (broad SMARTS) is 1. The second-order valence-corrected chi connectivity index (χ2v) is 9.64. The van der Waals surface area contributed by atoms with Crippen LogP contribution in [0.15, 0.2) is 24.3 Å². The van der Waals surface area contributed by atoms with Gasteiger partial charge in [-0.25, -0.2) is 9.80 Å². The number of alkyl halides is 3. The van der Waals surface area contributed by atoms with Crippen LogP contribution in [0.3, 0.4) is 0 Å². The number of benzene rings is 1. The molecule has 1 aromatic carbocycles. The SMILES string of the molecule is Cc1c(C(=O)O)cc(-c2cc(C(F)(F)F)ccc2Cl)n1CC1CCCCC1.NN1CCCCC1. The summed E-state index contributed by atoms with van der Waals surface area (Å²) in [5, 5.41) is 11.5. The third-order valence-electron chi connectivity index (χ3n) is 6.72. The Morgan fingerprint density at radius 1 is 1.09 bits per heavy atom. The van der Waals surface area contributed by atoms with Gasteiger partial charge in [-0.3, -0.25) is 5.84 Å². The van der Waals surface area contributed by atoms with E-state index in [2.05, 4.69) is 0 Å². The number of rotatable bonds is 4. The smallest absolute Gasteiger partial charge is 0.416 e. The van der Waals surface area contributed by atoms with E-state index in [0.717, 1.165) is 50.9 Å². The summed E-state index contributed by atoms with van der Waals surface area (Å²) in [6, 6.07) is 4.58. The monoisotopic (exact) mass is 499 g/mol. The Hall–Kier alpha value is -2.03. The van der Waals surface area contributed by atoms with Gasteiger partial charge in [0.15, 0.2) is 0 Å². The largest absolute Gasteiger partial charge is 0.478 e. The fourth-order valence-corrected chi connectivity index (χ4v) is 4.98. The first-order chi connectivity index (χ1) is 16.1. The van der Waals surface area contributed by atoms with Crippen LogP contribution in [0.2, 0.25) is 5.02 Å². The van der Waals surface area contributed by atoms with Crippen LogP contribution in [-0.4, -0.2) is 33.7 Å². The number of nitrogens with two attached hydrogens (primary N) is 1. The second kappa shape index (κ2) is 11.6. The summed E-state index contributed by atoms with van der Waals surface area (Å²) >= 11 is 6.21. The van der Waals surface area contributed by atoms with Crippen molar-refractivity contribution < 1.29 is 23.1 Å². The summed E-state index contributed by atoms with van der Waals surface area (Å²) in [5.74, 6) is 4.75. The van der Waals surface area contributed by atoms with Gasteiger partial charge in [-0.1, -0.05) is 37.3 Å². The molecule has 2 aromatic rings. The van der Waals surface area contributed by atoms with E-state index in [-0.39, 0.29) is 16.1 Å². The van der Waals surface area contributed by atoms with Crippen LogP contribution in [-0.2, 0) is 12.7 Å². The molecule has 9 heteroatoms. The van der Waals surface area contributed by atoms with E-state index in [4.69, 9.17) is 17.4 Å². The number of hydrogen-bond donors (Lipinski definition) is 2. The van der Waals surface area contributed by atoms with Crippen LogP contribution in [0.25, 0.3) is 11.3 Å². The summed E-state index contributed by atoms with van der Waals surface area (Å²) in [5.41, 5.74) is 0.456. The molecule has 0 radical (unpaired) electrons. The van der Waals surface area contributed by atoms with E-state index in [1.165, 1.54) is 37.8 Å². The van der Waals surface area contributed by atoms with Crippen molar-refractivity contribution >= 4 is 17.6 Å². The van der Waals surface area contributed by atoms with Crippen molar-refractivity contribution in [3.8, 4) is 11.3 Å². The highest BCUT2D eigenvalue weighted by Gasteiger charge is 2.32. The highest BCUT2D eigenvalue weighted by Crippen LogP contribution is 2.38. The van der Waals surface area contributed by atoms with E-state index >= 15 is 0 Å². The molecule has 2 heterocycles. The van der Waals surface area contributed by atoms with Crippen molar-refractivity contribution in [3.63, 3.8) is 0 Å². The molecule has 188 valence electrons. The standard InChI is InChI=1S/C20H21ClF3NO2.C5H12N2/c1-12-15(19(26)27)10-18(25(12)11-13-5-3-2-4-6-13)16-9-14(20(22,23)24)7-8-17(16)21;6-7-4-2-1-3-5-7/h7-10,13H,2-6,11H2,1H3,(H,26,27);1-6H2. The molecule has 5 nitrogen and oxygen atoms in total. The Morgan fingerprint density at radius 3 is 2.24 bits per heavy atom. The average Bonchev–Trinajstić information content (AvgIpc) is 3.11. The predicted octanol–water partition coefficient (Wildman–Crippen LogP) is 6.76. The molecular formula is C25H33ClF3N3O2. The lowest BCUT2D eigenvalue weighted by Gasteiger charge is -2.24. The van der Waals surface area contributed by atoms with E-state index < -0.39 is 17.7 Å². The van der Waals surface area contributed by atoms with Gasteiger partial charge in [0.25, 0.3) is 0 Å². The van der Waals surface area contributed by atoms with Gasteiger partial charge in [0.2, 0.25) is 0 Å². The van der Waals surface area contributed by atoms with Crippen LogP contribution in [0.5, 0.6) is 0 Å². The molecule has 3 N–H and O–H groups in total. The summed E-state index contributed by atoms with van der Waals surface area (Å²) in [4.78, 5) is 11.6. The van der Waals surface area contributed by atoms with Crippen molar-refractivity contribution in [2.75, 3.05) is 13.1 Å². The fourth-order valence-electron chi connectivity index (χ4n) is 4.76. The van der Waals surface area contributed by atoms with E-state index in [1.807, 2.05) is 9.58 Å². The summed E-state index contributed by atoms with van der Waals surface area (Å²) in [6.45, 7) is 4.47. The minimum Gasteiger partial charge on any atom is -0.478 e. The van der Waals surface area contributed by atoms with Gasteiger partial charge in [-0.05, 0) is 62.8 Å². The number of aromatic carboxylic acids is 1. The number of aromatic nitrogens is 1. The molecule has 0 amide bonds. The van der Waals surface area contributed by atoms with E-state index in [1.54, 1.807) is 6.92 Å². The average molecular weight is 500 g/mol. The highest BCUT2D eigenvalue weighted by molar-refractivity contribution is 6.33. The number of carbonyl (C=O) groups is 1. The van der Waals surface area contributed by atoms with E-state index in [0.29, 0.717) is 23.9 Å². The summed E-state index contributed by atoms with van der Waals surface area (Å²) in [6.07, 6.45) is 4.96. The van der Waals surface area contributed by atoms with Crippen molar-refractivity contribution in [1.82, 2.24) is 9.58 Å². The number of nitrogens with zero attached hydrogens (tertiary/aromatic N) is 2. The molecule has 1 saturated heterocycles. The minimum absolute atomic E-state index is 0.0919. The van der Waals surface area contributed by atoms with E-state index in [9.17, 15) is 23.1 Å². The zero-order valence-electron chi connectivity index (χ0n) is 19.5. The van der Waals surface area contributed by atoms with Gasteiger partial charge in [0.05, 0.1) is 16.8 Å². The lowest BCUT2D eigenvalue weighted by molar-refractivity contribution is -0.137. The Bertz CT molecular complexity index is 979. The maximum Gasteiger partial charge on any atom is 0.416 e. The van der Waals surface area contributed by atoms with Crippen LogP contribution in [0.1, 0.15) is 73.0 Å². The number of halogens is 4. The number of carboxylic acids is 1. The zero-order valence-corrected chi connectivity index (χ0v) is 20.3. The first kappa shape index (κ1) is 26.6. The van der Waals surface area contributed by atoms with Crippen molar-refractivity contribution in [2.24, 2.45) is 11.8 Å². The molecule has 0 atom stereocenters. The van der Waals surface area contributed by atoms with Crippen LogP contribution in [0, 0.1) is 12.8 Å². The Kier molecular flexibility index (Phi) is 9.07. The molecule has 1 aliphatic carbocycles. The molecule has 0 unspecified atom stereocenters. The number of hydrazine groups is 1. The molecule has 0 bridgehead atoms. The maximum atomic E-state index is 13.2. The predicted molar refractivity (Wildman–Crippen MR) is 128 cm³/mol. The van der Waals surface area contributed by atoms with Crippen molar-refractivity contribution in [1.29, 1.82) is 0 Å². The third kappa shape index (κ3) is 6.77. The highest BCUT2D eigenvalue weighted by atomic mass is 35.5. The lowest BCUT2D eigenvalue weighted by Crippen LogP contribution is -2.35. The van der Waals surface area contributed by atoms with Crippen LogP contribution < -0.4 is 5.84 Å². The van der Waals surface area contributed by atoms with Crippen molar-refractivity contribution in [2.45, 2.75) is 71.0 Å². The van der Waals surface area contributed by atoms with Gasteiger partial charge in [-0.2, -0.15) is 13.2 Å². The molecule has 1 aliphatic heterocycles. The Morgan fingerprint density at radius 2 is 1.71 bits per heavy atom. The molecule has 4 rings (SSSR count). The number of piperidine rings is 1. The minimum atomic E-state index is -4.50. The molecule has 1 saturated carbocycles. The Labute approximate surface area is 203 Å². The van der Waals surface area contributed by atoms with Gasteiger partial charge >= 0.3 is 12.1 Å². The lowest BCUT2D eigenvalue weighted by atomic mass is 9.89.